The average molecular weight is 328 g/mol. The lowest BCUT2D eigenvalue weighted by Gasteiger charge is -2.20. The number of amides is 1. The van der Waals surface area contributed by atoms with Crippen molar-refractivity contribution in [2.75, 3.05) is 23.8 Å². The maximum Gasteiger partial charge on any atom is 0.412 e. The SMILES string of the molecule is CN(CCc1ccncc1)c1ccc(NC(=O)OC(C)(C)C)cn1. The Kier molecular flexibility index (Phi) is 5.73. The van der Waals surface area contributed by atoms with Crippen LogP contribution in [0, 0.1) is 0 Å². The largest absolute Gasteiger partial charge is 0.444 e. The Hall–Kier alpha value is -2.63. The molecule has 2 rings (SSSR count). The maximum atomic E-state index is 11.7. The minimum absolute atomic E-state index is 0.483. The predicted molar refractivity (Wildman–Crippen MR) is 95.3 cm³/mol. The molecule has 0 aliphatic heterocycles. The first-order chi connectivity index (χ1) is 11.3. The van der Waals surface area contributed by atoms with Gasteiger partial charge in [0.25, 0.3) is 0 Å². The van der Waals surface area contributed by atoms with Crippen molar-refractivity contribution in [2.45, 2.75) is 32.8 Å². The van der Waals surface area contributed by atoms with E-state index < -0.39 is 11.7 Å². The summed E-state index contributed by atoms with van der Waals surface area (Å²) in [5.41, 5.74) is 1.32. The van der Waals surface area contributed by atoms with Gasteiger partial charge in [-0.15, -0.1) is 0 Å². The summed E-state index contributed by atoms with van der Waals surface area (Å²) in [6, 6.07) is 7.71. The number of hydrogen-bond acceptors (Lipinski definition) is 5. The van der Waals surface area contributed by atoms with Crippen molar-refractivity contribution >= 4 is 17.6 Å². The molecule has 0 saturated heterocycles. The van der Waals surface area contributed by atoms with Crippen molar-refractivity contribution in [1.82, 2.24) is 9.97 Å². The van der Waals surface area contributed by atoms with Crippen LogP contribution in [0.2, 0.25) is 0 Å². The molecule has 0 fully saturated rings. The first kappa shape index (κ1) is 17.7. The zero-order valence-corrected chi connectivity index (χ0v) is 14.6. The molecule has 0 aliphatic rings. The molecule has 0 atom stereocenters. The topological polar surface area (TPSA) is 67.4 Å². The zero-order chi connectivity index (χ0) is 17.6. The molecule has 6 heteroatoms. The van der Waals surface area contributed by atoms with Crippen molar-refractivity contribution in [3.8, 4) is 0 Å². The number of anilines is 2. The molecule has 0 bridgehead atoms. The van der Waals surface area contributed by atoms with Crippen LogP contribution in [0.4, 0.5) is 16.3 Å². The number of carbonyl (C=O) groups is 1. The Labute approximate surface area is 142 Å². The van der Waals surface area contributed by atoms with Gasteiger partial charge in [0.2, 0.25) is 0 Å². The Morgan fingerprint density at radius 1 is 1.21 bits per heavy atom. The molecule has 2 aromatic heterocycles. The smallest absolute Gasteiger partial charge is 0.412 e. The summed E-state index contributed by atoms with van der Waals surface area (Å²) in [5, 5.41) is 2.67. The van der Waals surface area contributed by atoms with Crippen molar-refractivity contribution in [3.05, 3.63) is 48.4 Å². The number of nitrogens with zero attached hydrogens (tertiary/aromatic N) is 3. The quantitative estimate of drug-likeness (QED) is 0.910. The van der Waals surface area contributed by atoms with E-state index in [1.807, 2.05) is 52.1 Å². The molecule has 0 aliphatic carbocycles. The van der Waals surface area contributed by atoms with Gasteiger partial charge in [0.1, 0.15) is 11.4 Å². The second-order valence-electron chi connectivity index (χ2n) is 6.56. The van der Waals surface area contributed by atoms with Gasteiger partial charge < -0.3 is 9.64 Å². The first-order valence-electron chi connectivity index (χ1n) is 7.89. The molecule has 1 N–H and O–H groups in total. The number of nitrogens with one attached hydrogen (secondary N) is 1. The molecule has 2 heterocycles. The molecule has 0 saturated carbocycles. The van der Waals surface area contributed by atoms with Crippen LogP contribution in [0.15, 0.2) is 42.9 Å². The molecule has 24 heavy (non-hydrogen) atoms. The van der Waals surface area contributed by atoms with Gasteiger partial charge in [0.15, 0.2) is 0 Å². The van der Waals surface area contributed by atoms with Crippen LogP contribution < -0.4 is 10.2 Å². The van der Waals surface area contributed by atoms with Gasteiger partial charge in [-0.1, -0.05) is 0 Å². The molecule has 1 amide bonds. The van der Waals surface area contributed by atoms with E-state index in [-0.39, 0.29) is 0 Å². The molecule has 0 unspecified atom stereocenters. The van der Waals surface area contributed by atoms with E-state index in [0.717, 1.165) is 18.8 Å². The Bertz CT molecular complexity index is 651. The fraction of sp³-hybridized carbons (Fsp3) is 0.389. The molecule has 6 nitrogen and oxygen atoms in total. The van der Waals surface area contributed by atoms with Crippen molar-refractivity contribution < 1.29 is 9.53 Å². The van der Waals surface area contributed by atoms with Gasteiger partial charge in [-0.2, -0.15) is 0 Å². The van der Waals surface area contributed by atoms with E-state index >= 15 is 0 Å². The van der Waals surface area contributed by atoms with E-state index in [4.69, 9.17) is 4.74 Å². The zero-order valence-electron chi connectivity index (χ0n) is 14.6. The summed E-state index contributed by atoms with van der Waals surface area (Å²) in [6.07, 6.45) is 5.65. The second kappa shape index (κ2) is 7.77. The van der Waals surface area contributed by atoms with E-state index in [2.05, 4.69) is 20.2 Å². The van der Waals surface area contributed by atoms with Gasteiger partial charge >= 0.3 is 6.09 Å². The van der Waals surface area contributed by atoms with Gasteiger partial charge in [0.05, 0.1) is 11.9 Å². The third kappa shape index (κ3) is 5.87. The van der Waals surface area contributed by atoms with Crippen LogP contribution in [-0.4, -0.2) is 35.3 Å². The van der Waals surface area contributed by atoms with Gasteiger partial charge in [0, 0.05) is 26.0 Å². The number of carbonyl (C=O) groups excluding carboxylic acids is 1. The normalized spacial score (nSPS) is 11.0. The molecule has 0 radical (unpaired) electrons. The fourth-order valence-corrected chi connectivity index (χ4v) is 2.07. The van der Waals surface area contributed by atoms with Gasteiger partial charge in [-0.3, -0.25) is 10.3 Å². The van der Waals surface area contributed by atoms with Crippen LogP contribution in [0.3, 0.4) is 0 Å². The van der Waals surface area contributed by atoms with Crippen LogP contribution in [0.1, 0.15) is 26.3 Å². The number of rotatable bonds is 5. The Morgan fingerprint density at radius 2 is 1.92 bits per heavy atom. The monoisotopic (exact) mass is 328 g/mol. The molecular formula is C18H24N4O2. The lowest BCUT2D eigenvalue weighted by molar-refractivity contribution is 0.0636. The Morgan fingerprint density at radius 3 is 2.50 bits per heavy atom. The molecule has 0 aromatic carbocycles. The first-order valence-corrected chi connectivity index (χ1v) is 7.89. The van der Waals surface area contributed by atoms with Gasteiger partial charge in [-0.25, -0.2) is 9.78 Å². The van der Waals surface area contributed by atoms with Crippen LogP contribution in [0.5, 0.6) is 0 Å². The lowest BCUT2D eigenvalue weighted by atomic mass is 10.2. The highest BCUT2D eigenvalue weighted by Crippen LogP contribution is 2.15. The van der Waals surface area contributed by atoms with Crippen LogP contribution in [0.25, 0.3) is 0 Å². The third-order valence-electron chi connectivity index (χ3n) is 3.27. The minimum atomic E-state index is -0.523. The Balaban J connectivity index is 1.88. The van der Waals surface area contributed by atoms with Crippen LogP contribution >= 0.6 is 0 Å². The highest BCUT2D eigenvalue weighted by molar-refractivity contribution is 5.84. The van der Waals surface area contributed by atoms with E-state index in [1.165, 1.54) is 5.56 Å². The summed E-state index contributed by atoms with van der Waals surface area (Å²) >= 11 is 0. The predicted octanol–water partition coefficient (Wildman–Crippen LogP) is 3.50. The summed E-state index contributed by atoms with van der Waals surface area (Å²) in [4.78, 5) is 22.2. The molecule has 0 spiro atoms. The standard InChI is InChI=1S/C18H24N4O2/c1-18(2,3)24-17(23)21-15-5-6-16(20-13-15)22(4)12-9-14-7-10-19-11-8-14/h5-8,10-11,13H,9,12H2,1-4H3,(H,21,23). The third-order valence-corrected chi connectivity index (χ3v) is 3.27. The molecule has 128 valence electrons. The number of ether oxygens (including phenoxy) is 1. The van der Waals surface area contributed by atoms with Crippen molar-refractivity contribution in [3.63, 3.8) is 0 Å². The summed E-state index contributed by atoms with van der Waals surface area (Å²) < 4.78 is 5.21. The van der Waals surface area contributed by atoms with Crippen molar-refractivity contribution in [1.29, 1.82) is 0 Å². The maximum absolute atomic E-state index is 11.7. The molecule has 2 aromatic rings. The highest BCUT2D eigenvalue weighted by atomic mass is 16.6. The van der Waals surface area contributed by atoms with Crippen molar-refractivity contribution in [2.24, 2.45) is 0 Å². The lowest BCUT2D eigenvalue weighted by Crippen LogP contribution is -2.27. The van der Waals surface area contributed by atoms with Gasteiger partial charge in [-0.05, 0) is 57.0 Å². The fourth-order valence-electron chi connectivity index (χ4n) is 2.07. The number of pyridine rings is 2. The molecular weight excluding hydrogens is 304 g/mol. The summed E-state index contributed by atoms with van der Waals surface area (Å²) in [6.45, 7) is 6.32. The van der Waals surface area contributed by atoms with E-state index in [1.54, 1.807) is 18.6 Å². The summed E-state index contributed by atoms with van der Waals surface area (Å²) in [5.74, 6) is 0.846. The van der Waals surface area contributed by atoms with E-state index in [0.29, 0.717) is 5.69 Å². The average Bonchev–Trinajstić information content (AvgIpc) is 2.52. The number of aromatic nitrogens is 2. The minimum Gasteiger partial charge on any atom is -0.444 e. The van der Waals surface area contributed by atoms with E-state index in [9.17, 15) is 4.79 Å². The van der Waals surface area contributed by atoms with Crippen LogP contribution in [-0.2, 0) is 11.2 Å². The second-order valence-corrected chi connectivity index (χ2v) is 6.56. The highest BCUT2D eigenvalue weighted by Gasteiger charge is 2.16. The number of likely N-dealkylation sites (N-methyl/N-ethyl adjacent to an activating group) is 1. The number of hydrogen-bond donors (Lipinski definition) is 1. The summed E-state index contributed by atoms with van der Waals surface area (Å²) in [7, 11) is 1.99.